The minimum atomic E-state index is 0.459. The van der Waals surface area contributed by atoms with Gasteiger partial charge in [-0.2, -0.15) is 0 Å². The SMILES string of the molecule is Cc1nnc(C(C)C(C)Br)s1. The monoisotopic (exact) mass is 234 g/mol. The number of rotatable bonds is 2. The summed E-state index contributed by atoms with van der Waals surface area (Å²) in [4.78, 5) is 0.467. The second-order valence-electron chi connectivity index (χ2n) is 2.63. The van der Waals surface area contributed by atoms with Gasteiger partial charge in [0.05, 0.1) is 0 Å². The van der Waals surface area contributed by atoms with E-state index in [4.69, 9.17) is 0 Å². The van der Waals surface area contributed by atoms with Gasteiger partial charge in [0, 0.05) is 10.7 Å². The number of hydrogen-bond donors (Lipinski definition) is 0. The minimum Gasteiger partial charge on any atom is -0.144 e. The molecule has 0 saturated heterocycles. The van der Waals surface area contributed by atoms with Crippen molar-refractivity contribution < 1.29 is 0 Å². The van der Waals surface area contributed by atoms with Gasteiger partial charge in [-0.05, 0) is 6.92 Å². The van der Waals surface area contributed by atoms with E-state index in [0.717, 1.165) is 10.0 Å². The smallest absolute Gasteiger partial charge is 0.121 e. The summed E-state index contributed by atoms with van der Waals surface area (Å²) in [5, 5.41) is 10.2. The van der Waals surface area contributed by atoms with Crippen molar-refractivity contribution in [2.24, 2.45) is 0 Å². The van der Waals surface area contributed by atoms with Gasteiger partial charge in [0.15, 0.2) is 0 Å². The van der Waals surface area contributed by atoms with Gasteiger partial charge in [-0.3, -0.25) is 0 Å². The standard InChI is InChI=1S/C7H11BrN2S/c1-4(5(2)8)7-10-9-6(3)11-7/h4-5H,1-3H3. The fourth-order valence-corrected chi connectivity index (χ4v) is 1.97. The molecule has 0 aliphatic heterocycles. The first-order chi connectivity index (χ1) is 5.11. The lowest BCUT2D eigenvalue weighted by Gasteiger charge is -2.08. The van der Waals surface area contributed by atoms with E-state index in [1.807, 2.05) is 6.92 Å². The zero-order valence-electron chi connectivity index (χ0n) is 6.84. The summed E-state index contributed by atoms with van der Waals surface area (Å²) in [6, 6.07) is 0. The lowest BCUT2D eigenvalue weighted by Crippen LogP contribution is -2.03. The summed E-state index contributed by atoms with van der Waals surface area (Å²) in [5.74, 6) is 0.459. The third-order valence-electron chi connectivity index (χ3n) is 1.62. The predicted octanol–water partition coefficient (Wildman–Crippen LogP) is 2.73. The van der Waals surface area contributed by atoms with Gasteiger partial charge >= 0.3 is 0 Å². The first-order valence-electron chi connectivity index (χ1n) is 3.55. The number of alkyl halides is 1. The van der Waals surface area contributed by atoms with Gasteiger partial charge in [0.2, 0.25) is 0 Å². The van der Waals surface area contributed by atoms with E-state index in [2.05, 4.69) is 40.0 Å². The second kappa shape index (κ2) is 3.63. The Labute approximate surface area is 79.2 Å². The van der Waals surface area contributed by atoms with E-state index in [1.54, 1.807) is 11.3 Å². The van der Waals surface area contributed by atoms with Crippen LogP contribution in [0, 0.1) is 6.92 Å². The molecule has 11 heavy (non-hydrogen) atoms. The van der Waals surface area contributed by atoms with Crippen molar-refractivity contribution >= 4 is 27.3 Å². The summed E-state index contributed by atoms with van der Waals surface area (Å²) < 4.78 is 0. The van der Waals surface area contributed by atoms with Crippen LogP contribution in [0.4, 0.5) is 0 Å². The second-order valence-corrected chi connectivity index (χ2v) is 5.28. The Balaban J connectivity index is 2.76. The summed E-state index contributed by atoms with van der Waals surface area (Å²) in [7, 11) is 0. The molecule has 1 aromatic heterocycles. The minimum absolute atomic E-state index is 0.459. The average molecular weight is 235 g/mol. The Bertz CT molecular complexity index is 234. The molecule has 1 rings (SSSR count). The highest BCUT2D eigenvalue weighted by Gasteiger charge is 2.14. The molecule has 0 aliphatic rings. The van der Waals surface area contributed by atoms with Crippen LogP contribution in [0.2, 0.25) is 0 Å². The molecule has 0 spiro atoms. The van der Waals surface area contributed by atoms with Crippen molar-refractivity contribution in [3.63, 3.8) is 0 Å². The predicted molar refractivity (Wildman–Crippen MR) is 51.5 cm³/mol. The molecule has 62 valence electrons. The van der Waals surface area contributed by atoms with Crippen LogP contribution in [0.15, 0.2) is 0 Å². The zero-order valence-corrected chi connectivity index (χ0v) is 9.24. The summed E-state index contributed by atoms with van der Waals surface area (Å²) >= 11 is 5.20. The third kappa shape index (κ3) is 2.24. The molecule has 0 saturated carbocycles. The number of aryl methyl sites for hydroxylation is 1. The number of aromatic nitrogens is 2. The maximum atomic E-state index is 4.08. The van der Waals surface area contributed by atoms with Gasteiger partial charge in [0.25, 0.3) is 0 Å². The first kappa shape index (κ1) is 9.13. The van der Waals surface area contributed by atoms with Crippen molar-refractivity contribution in [3.8, 4) is 0 Å². The van der Waals surface area contributed by atoms with Gasteiger partial charge in [-0.15, -0.1) is 21.5 Å². The van der Waals surface area contributed by atoms with Crippen molar-refractivity contribution in [2.45, 2.75) is 31.5 Å². The van der Waals surface area contributed by atoms with Crippen molar-refractivity contribution in [3.05, 3.63) is 10.0 Å². The molecule has 2 unspecified atom stereocenters. The highest BCUT2D eigenvalue weighted by Crippen LogP contribution is 2.26. The van der Waals surface area contributed by atoms with Crippen LogP contribution in [0.25, 0.3) is 0 Å². The molecule has 1 heterocycles. The van der Waals surface area contributed by atoms with Gasteiger partial charge in [-0.25, -0.2) is 0 Å². The average Bonchev–Trinajstić information content (AvgIpc) is 2.34. The molecule has 0 radical (unpaired) electrons. The fraction of sp³-hybridized carbons (Fsp3) is 0.714. The van der Waals surface area contributed by atoms with E-state index in [-0.39, 0.29) is 0 Å². The molecule has 2 nitrogen and oxygen atoms in total. The molecule has 0 bridgehead atoms. The summed E-state index contributed by atoms with van der Waals surface area (Å²) in [5.41, 5.74) is 0. The molecular formula is C7H11BrN2S. The maximum absolute atomic E-state index is 4.08. The molecule has 1 aromatic rings. The first-order valence-corrected chi connectivity index (χ1v) is 5.28. The van der Waals surface area contributed by atoms with E-state index in [0.29, 0.717) is 10.7 Å². The molecule has 4 heteroatoms. The van der Waals surface area contributed by atoms with Crippen LogP contribution in [0.1, 0.15) is 29.8 Å². The topological polar surface area (TPSA) is 25.8 Å². The van der Waals surface area contributed by atoms with Gasteiger partial charge < -0.3 is 0 Å². The molecule has 0 aromatic carbocycles. The van der Waals surface area contributed by atoms with Crippen LogP contribution in [0.3, 0.4) is 0 Å². The van der Waals surface area contributed by atoms with E-state index in [1.165, 1.54) is 0 Å². The quantitative estimate of drug-likeness (QED) is 0.736. The third-order valence-corrected chi connectivity index (χ3v) is 3.45. The molecule has 0 N–H and O–H groups in total. The lowest BCUT2D eigenvalue weighted by atomic mass is 10.1. The van der Waals surface area contributed by atoms with Crippen molar-refractivity contribution in [1.82, 2.24) is 10.2 Å². The van der Waals surface area contributed by atoms with Crippen LogP contribution < -0.4 is 0 Å². The number of halogens is 1. The Kier molecular flexibility index (Phi) is 3.01. The normalized spacial score (nSPS) is 16.4. The van der Waals surface area contributed by atoms with Gasteiger partial charge in [0.1, 0.15) is 10.0 Å². The van der Waals surface area contributed by atoms with Crippen LogP contribution in [-0.2, 0) is 0 Å². The maximum Gasteiger partial charge on any atom is 0.121 e. The number of hydrogen-bond acceptors (Lipinski definition) is 3. The Hall–Kier alpha value is 0.0400. The fourth-order valence-electron chi connectivity index (χ4n) is 0.692. The zero-order chi connectivity index (χ0) is 8.43. The van der Waals surface area contributed by atoms with E-state index < -0.39 is 0 Å². The highest BCUT2D eigenvalue weighted by molar-refractivity contribution is 9.09. The highest BCUT2D eigenvalue weighted by atomic mass is 79.9. The van der Waals surface area contributed by atoms with Crippen molar-refractivity contribution in [2.75, 3.05) is 0 Å². The van der Waals surface area contributed by atoms with Crippen LogP contribution in [-0.4, -0.2) is 15.0 Å². The number of nitrogens with zero attached hydrogens (tertiary/aromatic N) is 2. The van der Waals surface area contributed by atoms with E-state index >= 15 is 0 Å². The molecule has 0 aliphatic carbocycles. The molecule has 0 fully saturated rings. The van der Waals surface area contributed by atoms with Gasteiger partial charge in [-0.1, -0.05) is 29.8 Å². The molecule has 2 atom stereocenters. The molecular weight excluding hydrogens is 224 g/mol. The van der Waals surface area contributed by atoms with Crippen LogP contribution in [0.5, 0.6) is 0 Å². The van der Waals surface area contributed by atoms with Crippen molar-refractivity contribution in [1.29, 1.82) is 0 Å². The summed E-state index contributed by atoms with van der Waals surface area (Å²) in [6.07, 6.45) is 0. The lowest BCUT2D eigenvalue weighted by molar-refractivity contribution is 0.738. The largest absolute Gasteiger partial charge is 0.144 e. The van der Waals surface area contributed by atoms with E-state index in [9.17, 15) is 0 Å². The van der Waals surface area contributed by atoms with Crippen LogP contribution >= 0.6 is 27.3 Å². The Morgan fingerprint density at radius 3 is 2.36 bits per heavy atom. The summed E-state index contributed by atoms with van der Waals surface area (Å²) in [6.45, 7) is 6.26. The molecule has 0 amide bonds. The Morgan fingerprint density at radius 1 is 1.36 bits per heavy atom. The Morgan fingerprint density at radius 2 is 2.00 bits per heavy atom.